The van der Waals surface area contributed by atoms with Crippen molar-refractivity contribution in [3.05, 3.63) is 12.2 Å². The summed E-state index contributed by atoms with van der Waals surface area (Å²) in [6.07, 6.45) is 3.02. The van der Waals surface area contributed by atoms with Crippen LogP contribution in [0.1, 0.15) is 41.0 Å². The standard InChI is InChI=1S/C17H31N3O5/c1-11(2)13(20-16(24)25-17(3,4)5)14(21)19-12(15(22)23)9-7-8-10-18-6/h7,9,11-13,18H,8,10H2,1-6H3,(H,19,21)(H,20,24)(H,22,23)/b9-7+/t12?,13-/m0/s1. The van der Waals surface area contributed by atoms with Gasteiger partial charge in [0, 0.05) is 0 Å². The van der Waals surface area contributed by atoms with Gasteiger partial charge in [0.25, 0.3) is 0 Å². The highest BCUT2D eigenvalue weighted by molar-refractivity contribution is 5.90. The maximum atomic E-state index is 12.4. The summed E-state index contributed by atoms with van der Waals surface area (Å²) in [7, 11) is 1.79. The normalized spacial score (nSPS) is 14.2. The van der Waals surface area contributed by atoms with Gasteiger partial charge < -0.3 is 25.8 Å². The van der Waals surface area contributed by atoms with Crippen LogP contribution in [-0.4, -0.2) is 54.4 Å². The molecule has 0 aliphatic rings. The van der Waals surface area contributed by atoms with Gasteiger partial charge in [0.1, 0.15) is 17.7 Å². The largest absolute Gasteiger partial charge is 0.479 e. The topological polar surface area (TPSA) is 117 Å². The minimum atomic E-state index is -1.17. The number of alkyl carbamates (subject to hydrolysis) is 1. The van der Waals surface area contributed by atoms with E-state index < -0.39 is 35.7 Å². The molecule has 0 saturated heterocycles. The third-order valence-corrected chi connectivity index (χ3v) is 3.07. The van der Waals surface area contributed by atoms with E-state index in [1.54, 1.807) is 47.7 Å². The van der Waals surface area contributed by atoms with Crippen LogP contribution < -0.4 is 16.0 Å². The molecule has 8 nitrogen and oxygen atoms in total. The van der Waals surface area contributed by atoms with Gasteiger partial charge in [-0.25, -0.2) is 9.59 Å². The minimum Gasteiger partial charge on any atom is -0.479 e. The SMILES string of the molecule is CNCC/C=C/C(NC(=O)[C@@H](NC(=O)OC(C)(C)C)C(C)C)C(=O)O. The molecule has 0 spiro atoms. The number of hydrogen-bond acceptors (Lipinski definition) is 5. The van der Waals surface area contributed by atoms with E-state index in [1.165, 1.54) is 6.08 Å². The second-order valence-corrected chi connectivity index (χ2v) is 7.01. The van der Waals surface area contributed by atoms with E-state index in [2.05, 4.69) is 16.0 Å². The number of carboxylic acid groups (broad SMARTS) is 1. The van der Waals surface area contributed by atoms with Crippen LogP contribution in [0, 0.1) is 5.92 Å². The van der Waals surface area contributed by atoms with Crippen LogP contribution in [0.15, 0.2) is 12.2 Å². The zero-order chi connectivity index (χ0) is 19.6. The molecule has 0 aliphatic carbocycles. The zero-order valence-electron chi connectivity index (χ0n) is 15.9. The Hall–Kier alpha value is -2.09. The Morgan fingerprint density at radius 2 is 1.76 bits per heavy atom. The van der Waals surface area contributed by atoms with Crippen molar-refractivity contribution in [1.29, 1.82) is 0 Å². The summed E-state index contributed by atoms with van der Waals surface area (Å²) in [6.45, 7) is 9.35. The number of hydrogen-bond donors (Lipinski definition) is 4. The number of ether oxygens (including phenoxy) is 1. The van der Waals surface area contributed by atoms with Gasteiger partial charge in [0.05, 0.1) is 0 Å². The van der Waals surface area contributed by atoms with Crippen molar-refractivity contribution in [1.82, 2.24) is 16.0 Å². The lowest BCUT2D eigenvalue weighted by Crippen LogP contribution is -2.54. The van der Waals surface area contributed by atoms with Gasteiger partial charge in [0.2, 0.25) is 5.91 Å². The van der Waals surface area contributed by atoms with Gasteiger partial charge in [-0.15, -0.1) is 0 Å². The number of carbonyl (C=O) groups is 3. The Morgan fingerprint density at radius 3 is 2.20 bits per heavy atom. The third-order valence-electron chi connectivity index (χ3n) is 3.07. The van der Waals surface area contributed by atoms with Crippen LogP contribution in [0.3, 0.4) is 0 Å². The molecule has 0 radical (unpaired) electrons. The van der Waals surface area contributed by atoms with Gasteiger partial charge in [-0.3, -0.25) is 4.79 Å². The van der Waals surface area contributed by atoms with Crippen LogP contribution >= 0.6 is 0 Å². The van der Waals surface area contributed by atoms with Crippen LogP contribution in [0.5, 0.6) is 0 Å². The molecule has 0 aromatic rings. The molecule has 1 unspecified atom stereocenters. The number of carbonyl (C=O) groups excluding carboxylic acids is 2. The predicted molar refractivity (Wildman–Crippen MR) is 95.2 cm³/mol. The molecule has 0 aliphatic heterocycles. The van der Waals surface area contributed by atoms with E-state index in [1.807, 2.05) is 0 Å². The number of rotatable bonds is 9. The molecular formula is C17H31N3O5. The molecule has 0 rings (SSSR count). The first-order valence-corrected chi connectivity index (χ1v) is 8.32. The van der Waals surface area contributed by atoms with Gasteiger partial charge in [0.15, 0.2) is 0 Å². The summed E-state index contributed by atoms with van der Waals surface area (Å²) in [5.74, 6) is -1.99. The number of amides is 2. The van der Waals surface area contributed by atoms with Crippen LogP contribution in [0.25, 0.3) is 0 Å². The summed E-state index contributed by atoms with van der Waals surface area (Å²) >= 11 is 0. The fraction of sp³-hybridized carbons (Fsp3) is 0.706. The monoisotopic (exact) mass is 357 g/mol. The van der Waals surface area contributed by atoms with E-state index in [0.717, 1.165) is 0 Å². The quantitative estimate of drug-likeness (QED) is 0.365. The van der Waals surface area contributed by atoms with Gasteiger partial charge in [-0.05, 0) is 46.7 Å². The number of carboxylic acids is 1. The summed E-state index contributed by atoms with van der Waals surface area (Å²) < 4.78 is 5.15. The Kier molecular flexibility index (Phi) is 9.81. The summed E-state index contributed by atoms with van der Waals surface area (Å²) in [5, 5.41) is 17.1. The smallest absolute Gasteiger partial charge is 0.408 e. The molecule has 4 N–H and O–H groups in total. The zero-order valence-corrected chi connectivity index (χ0v) is 15.9. The lowest BCUT2D eigenvalue weighted by Gasteiger charge is -2.25. The fourth-order valence-electron chi connectivity index (χ4n) is 1.86. The molecule has 0 fully saturated rings. The molecule has 8 heteroatoms. The van der Waals surface area contributed by atoms with Crippen molar-refractivity contribution in [3.63, 3.8) is 0 Å². The Labute approximate surface area is 149 Å². The lowest BCUT2D eigenvalue weighted by atomic mass is 10.0. The second kappa shape index (κ2) is 10.7. The summed E-state index contributed by atoms with van der Waals surface area (Å²) in [6, 6.07) is -2.06. The first kappa shape index (κ1) is 22.9. The van der Waals surface area contributed by atoms with Crippen molar-refractivity contribution >= 4 is 18.0 Å². The van der Waals surface area contributed by atoms with E-state index in [0.29, 0.717) is 13.0 Å². The molecule has 0 heterocycles. The van der Waals surface area contributed by atoms with E-state index >= 15 is 0 Å². The molecule has 0 aromatic carbocycles. The molecule has 144 valence electrons. The number of aliphatic carboxylic acids is 1. The average molecular weight is 357 g/mol. The van der Waals surface area contributed by atoms with Crippen molar-refractivity contribution in [2.45, 2.75) is 58.7 Å². The molecule has 0 saturated carbocycles. The minimum absolute atomic E-state index is 0.241. The molecule has 2 amide bonds. The second-order valence-electron chi connectivity index (χ2n) is 7.01. The highest BCUT2D eigenvalue weighted by Crippen LogP contribution is 2.09. The van der Waals surface area contributed by atoms with Gasteiger partial charge >= 0.3 is 12.1 Å². The van der Waals surface area contributed by atoms with Crippen molar-refractivity contribution in [3.8, 4) is 0 Å². The average Bonchev–Trinajstić information content (AvgIpc) is 2.45. The summed E-state index contributed by atoms with van der Waals surface area (Å²) in [4.78, 5) is 35.6. The number of nitrogens with one attached hydrogen (secondary N) is 3. The fourth-order valence-corrected chi connectivity index (χ4v) is 1.86. The van der Waals surface area contributed by atoms with E-state index in [-0.39, 0.29) is 5.92 Å². The molecule has 0 bridgehead atoms. The molecule has 0 aromatic heterocycles. The van der Waals surface area contributed by atoms with E-state index in [9.17, 15) is 19.5 Å². The Balaban J connectivity index is 4.92. The van der Waals surface area contributed by atoms with Crippen LogP contribution in [0.2, 0.25) is 0 Å². The van der Waals surface area contributed by atoms with Crippen LogP contribution in [-0.2, 0) is 14.3 Å². The van der Waals surface area contributed by atoms with Gasteiger partial charge in [-0.1, -0.05) is 26.0 Å². The lowest BCUT2D eigenvalue weighted by molar-refractivity contribution is -0.140. The maximum Gasteiger partial charge on any atom is 0.408 e. The highest BCUT2D eigenvalue weighted by Gasteiger charge is 2.29. The summed E-state index contributed by atoms with van der Waals surface area (Å²) in [5.41, 5.74) is -0.693. The third kappa shape index (κ3) is 10.4. The Morgan fingerprint density at radius 1 is 1.16 bits per heavy atom. The molecular weight excluding hydrogens is 326 g/mol. The highest BCUT2D eigenvalue weighted by atomic mass is 16.6. The van der Waals surface area contributed by atoms with Crippen LogP contribution in [0.4, 0.5) is 4.79 Å². The first-order valence-electron chi connectivity index (χ1n) is 8.32. The maximum absolute atomic E-state index is 12.4. The first-order chi connectivity index (χ1) is 11.5. The van der Waals surface area contributed by atoms with Gasteiger partial charge in [-0.2, -0.15) is 0 Å². The van der Waals surface area contributed by atoms with Crippen molar-refractivity contribution in [2.24, 2.45) is 5.92 Å². The molecule has 25 heavy (non-hydrogen) atoms. The van der Waals surface area contributed by atoms with Crippen molar-refractivity contribution < 1.29 is 24.2 Å². The van der Waals surface area contributed by atoms with E-state index in [4.69, 9.17) is 4.74 Å². The predicted octanol–water partition coefficient (Wildman–Crippen LogP) is 1.27. The Bertz CT molecular complexity index is 483. The van der Waals surface area contributed by atoms with Crippen molar-refractivity contribution in [2.75, 3.05) is 13.6 Å². The molecule has 2 atom stereocenters.